The van der Waals surface area contributed by atoms with Gasteiger partial charge in [0.1, 0.15) is 5.75 Å². The van der Waals surface area contributed by atoms with Gasteiger partial charge >= 0.3 is 5.97 Å². The highest BCUT2D eigenvalue weighted by molar-refractivity contribution is 5.95. The maximum absolute atomic E-state index is 11.6. The molecule has 19 heavy (non-hydrogen) atoms. The minimum atomic E-state index is -0.649. The van der Waals surface area contributed by atoms with Crippen LogP contribution in [-0.2, 0) is 14.3 Å². The average Bonchev–Trinajstić information content (AvgIpc) is 2.85. The minimum absolute atomic E-state index is 0.150. The number of esters is 1. The lowest BCUT2D eigenvalue weighted by Gasteiger charge is -2.17. The zero-order chi connectivity index (χ0) is 13.8. The molecule has 5 heteroatoms. The van der Waals surface area contributed by atoms with Crippen LogP contribution in [0.5, 0.6) is 5.75 Å². The van der Waals surface area contributed by atoms with Crippen molar-refractivity contribution in [3.05, 3.63) is 24.3 Å². The summed E-state index contributed by atoms with van der Waals surface area (Å²) in [5, 5.41) is 0. The highest BCUT2D eigenvalue weighted by atomic mass is 16.6. The molecule has 1 aromatic carbocycles. The van der Waals surface area contributed by atoms with Crippen LogP contribution in [0, 0.1) is 0 Å². The first-order valence-corrected chi connectivity index (χ1v) is 6.26. The van der Waals surface area contributed by atoms with E-state index in [4.69, 9.17) is 4.74 Å². The second-order valence-electron chi connectivity index (χ2n) is 4.43. The van der Waals surface area contributed by atoms with Gasteiger partial charge in [-0.25, -0.2) is 4.79 Å². The van der Waals surface area contributed by atoms with Crippen molar-refractivity contribution in [2.24, 2.45) is 0 Å². The van der Waals surface area contributed by atoms with E-state index in [1.165, 1.54) is 7.11 Å². The highest BCUT2D eigenvalue weighted by Crippen LogP contribution is 2.24. The molecule has 0 unspecified atom stereocenters. The minimum Gasteiger partial charge on any atom is -0.479 e. The molecule has 1 aliphatic rings. The molecular weight excluding hydrogens is 246 g/mol. The first-order valence-electron chi connectivity index (χ1n) is 6.26. The second-order valence-corrected chi connectivity index (χ2v) is 4.43. The summed E-state index contributed by atoms with van der Waals surface area (Å²) in [4.78, 5) is 24.6. The number of hydrogen-bond donors (Lipinski definition) is 0. The van der Waals surface area contributed by atoms with Crippen LogP contribution >= 0.6 is 0 Å². The molecule has 1 saturated heterocycles. The summed E-state index contributed by atoms with van der Waals surface area (Å²) in [6.07, 6.45) is 0.859. The molecule has 1 amide bonds. The normalized spacial score (nSPS) is 16.3. The Hall–Kier alpha value is -2.04. The number of amides is 1. The molecule has 1 heterocycles. The van der Waals surface area contributed by atoms with Crippen LogP contribution in [0.2, 0.25) is 0 Å². The van der Waals surface area contributed by atoms with Gasteiger partial charge in [-0.1, -0.05) is 0 Å². The fourth-order valence-corrected chi connectivity index (χ4v) is 2.04. The molecule has 0 bridgehead atoms. The largest absolute Gasteiger partial charge is 0.479 e. The molecule has 1 atom stereocenters. The number of benzene rings is 1. The van der Waals surface area contributed by atoms with Crippen molar-refractivity contribution in [3.63, 3.8) is 0 Å². The molecule has 0 N–H and O–H groups in total. The van der Waals surface area contributed by atoms with Gasteiger partial charge in [-0.2, -0.15) is 0 Å². The Balaban J connectivity index is 2.02. The number of carbonyl (C=O) groups is 2. The summed E-state index contributed by atoms with van der Waals surface area (Å²) >= 11 is 0. The molecule has 102 valence electrons. The van der Waals surface area contributed by atoms with Crippen molar-refractivity contribution in [2.45, 2.75) is 25.9 Å². The monoisotopic (exact) mass is 263 g/mol. The van der Waals surface area contributed by atoms with Crippen LogP contribution in [0.25, 0.3) is 0 Å². The maximum atomic E-state index is 11.6. The van der Waals surface area contributed by atoms with Gasteiger partial charge in [0.2, 0.25) is 5.91 Å². The summed E-state index contributed by atoms with van der Waals surface area (Å²) < 4.78 is 10.0. The van der Waals surface area contributed by atoms with Crippen LogP contribution in [-0.4, -0.2) is 31.6 Å². The first kappa shape index (κ1) is 13.4. The number of rotatable bonds is 4. The molecule has 5 nitrogen and oxygen atoms in total. The molecule has 1 fully saturated rings. The van der Waals surface area contributed by atoms with Gasteiger partial charge in [-0.05, 0) is 37.6 Å². The van der Waals surface area contributed by atoms with Gasteiger partial charge in [0.05, 0.1) is 7.11 Å². The third kappa shape index (κ3) is 3.05. The van der Waals surface area contributed by atoms with E-state index < -0.39 is 12.1 Å². The van der Waals surface area contributed by atoms with E-state index in [-0.39, 0.29) is 5.91 Å². The van der Waals surface area contributed by atoms with Gasteiger partial charge in [0, 0.05) is 18.7 Å². The lowest BCUT2D eigenvalue weighted by Crippen LogP contribution is -2.25. The molecule has 0 radical (unpaired) electrons. The summed E-state index contributed by atoms with van der Waals surface area (Å²) in [5.41, 5.74) is 0.862. The lowest BCUT2D eigenvalue weighted by atomic mass is 10.2. The quantitative estimate of drug-likeness (QED) is 0.777. The van der Waals surface area contributed by atoms with Gasteiger partial charge in [0.15, 0.2) is 6.10 Å². The van der Waals surface area contributed by atoms with Crippen LogP contribution < -0.4 is 9.64 Å². The smallest absolute Gasteiger partial charge is 0.346 e. The third-order valence-corrected chi connectivity index (χ3v) is 3.07. The van der Waals surface area contributed by atoms with Gasteiger partial charge in [-0.15, -0.1) is 0 Å². The van der Waals surface area contributed by atoms with Crippen LogP contribution in [0.4, 0.5) is 5.69 Å². The number of ether oxygens (including phenoxy) is 2. The predicted molar refractivity (Wildman–Crippen MR) is 70.1 cm³/mol. The molecule has 0 spiro atoms. The van der Waals surface area contributed by atoms with Gasteiger partial charge in [-0.3, -0.25) is 4.79 Å². The Morgan fingerprint density at radius 2 is 2.00 bits per heavy atom. The number of methoxy groups -OCH3 is 1. The number of nitrogens with zero attached hydrogens (tertiary/aromatic N) is 1. The van der Waals surface area contributed by atoms with Crippen LogP contribution in [0.1, 0.15) is 19.8 Å². The molecule has 2 rings (SSSR count). The summed E-state index contributed by atoms with van der Waals surface area (Å²) in [5.74, 6) is 0.309. The van der Waals surface area contributed by atoms with E-state index in [0.717, 1.165) is 18.7 Å². The molecular formula is C14H17NO4. The van der Waals surface area contributed by atoms with Gasteiger partial charge in [0.25, 0.3) is 0 Å². The van der Waals surface area contributed by atoms with Crippen molar-refractivity contribution in [1.29, 1.82) is 0 Å². The highest BCUT2D eigenvalue weighted by Gasteiger charge is 2.21. The van der Waals surface area contributed by atoms with Crippen molar-refractivity contribution in [1.82, 2.24) is 0 Å². The summed E-state index contributed by atoms with van der Waals surface area (Å²) in [6, 6.07) is 7.14. The van der Waals surface area contributed by atoms with E-state index in [2.05, 4.69) is 4.74 Å². The number of carbonyl (C=O) groups excluding carboxylic acids is 2. The summed E-state index contributed by atoms with van der Waals surface area (Å²) in [7, 11) is 1.32. The molecule has 0 aliphatic carbocycles. The third-order valence-electron chi connectivity index (χ3n) is 3.07. The van der Waals surface area contributed by atoms with E-state index in [1.807, 2.05) is 12.1 Å². The number of hydrogen-bond acceptors (Lipinski definition) is 4. The zero-order valence-electron chi connectivity index (χ0n) is 11.1. The Bertz CT molecular complexity index is 469. The van der Waals surface area contributed by atoms with Crippen molar-refractivity contribution in [2.75, 3.05) is 18.6 Å². The van der Waals surface area contributed by atoms with Crippen molar-refractivity contribution in [3.8, 4) is 5.75 Å². The van der Waals surface area contributed by atoms with E-state index in [1.54, 1.807) is 24.0 Å². The second kappa shape index (κ2) is 5.73. The maximum Gasteiger partial charge on any atom is 0.346 e. The van der Waals surface area contributed by atoms with Crippen molar-refractivity contribution < 1.29 is 19.1 Å². The Morgan fingerprint density at radius 3 is 2.53 bits per heavy atom. The van der Waals surface area contributed by atoms with Crippen LogP contribution in [0.3, 0.4) is 0 Å². The van der Waals surface area contributed by atoms with Crippen molar-refractivity contribution >= 4 is 17.6 Å². The molecule has 0 saturated carbocycles. The predicted octanol–water partition coefficient (Wildman–Crippen LogP) is 1.75. The standard InChI is InChI=1S/C14H17NO4/c1-10(14(17)18-2)19-12-7-5-11(6-8-12)15-9-3-4-13(15)16/h5-8,10H,3-4,9H2,1-2H3/t10-/m1/s1. The topological polar surface area (TPSA) is 55.8 Å². The van der Waals surface area contributed by atoms with E-state index in [0.29, 0.717) is 12.2 Å². The average molecular weight is 263 g/mol. The Labute approximate surface area is 112 Å². The molecule has 1 aliphatic heterocycles. The Kier molecular flexibility index (Phi) is 4.04. The SMILES string of the molecule is COC(=O)[C@@H](C)Oc1ccc(N2CCCC2=O)cc1. The fraction of sp³-hybridized carbons (Fsp3) is 0.429. The lowest BCUT2D eigenvalue weighted by molar-refractivity contribution is -0.147. The molecule has 1 aromatic rings. The fourth-order valence-electron chi connectivity index (χ4n) is 2.04. The van der Waals surface area contributed by atoms with Crippen LogP contribution in [0.15, 0.2) is 24.3 Å². The zero-order valence-corrected chi connectivity index (χ0v) is 11.1. The summed E-state index contributed by atoms with van der Waals surface area (Å²) in [6.45, 7) is 2.39. The number of anilines is 1. The Morgan fingerprint density at radius 1 is 1.32 bits per heavy atom. The first-order chi connectivity index (χ1) is 9.11. The van der Waals surface area contributed by atoms with Gasteiger partial charge < -0.3 is 14.4 Å². The van der Waals surface area contributed by atoms with E-state index >= 15 is 0 Å². The van der Waals surface area contributed by atoms with E-state index in [9.17, 15) is 9.59 Å². The molecule has 0 aromatic heterocycles.